The van der Waals surface area contributed by atoms with Crippen LogP contribution in [0.25, 0.3) is 0 Å². The van der Waals surface area contributed by atoms with Crippen molar-refractivity contribution < 1.29 is 0 Å². The molecule has 1 atom stereocenters. The minimum absolute atomic E-state index is 0.653. The second-order valence-electron chi connectivity index (χ2n) is 4.27. The Kier molecular flexibility index (Phi) is 5.95. The molecule has 88 valence electrons. The van der Waals surface area contributed by atoms with Crippen LogP contribution in [-0.4, -0.2) is 42.7 Å². The summed E-state index contributed by atoms with van der Waals surface area (Å²) in [5.74, 6) is 0. The van der Waals surface area contributed by atoms with E-state index < -0.39 is 0 Å². The third kappa shape index (κ3) is 4.80. The van der Waals surface area contributed by atoms with Gasteiger partial charge in [0, 0.05) is 19.1 Å². The highest BCUT2D eigenvalue weighted by molar-refractivity contribution is 7.80. The van der Waals surface area contributed by atoms with E-state index in [-0.39, 0.29) is 0 Å². The van der Waals surface area contributed by atoms with E-state index in [1.165, 1.54) is 25.8 Å². The Morgan fingerprint density at radius 2 is 2.20 bits per heavy atom. The predicted molar refractivity (Wildman–Crippen MR) is 69.2 cm³/mol. The summed E-state index contributed by atoms with van der Waals surface area (Å²) in [6.07, 6.45) is 5.10. The van der Waals surface area contributed by atoms with E-state index in [9.17, 15) is 0 Å². The van der Waals surface area contributed by atoms with Crippen LogP contribution in [0, 0.1) is 0 Å². The molecule has 0 spiro atoms. The molecule has 0 aromatic carbocycles. The largest absolute Gasteiger partial charge is 0.363 e. The molecule has 15 heavy (non-hydrogen) atoms. The SMILES string of the molecule is CCCNC(=S)NCC1CCCCN1C. The summed E-state index contributed by atoms with van der Waals surface area (Å²) < 4.78 is 0. The van der Waals surface area contributed by atoms with Gasteiger partial charge in [-0.05, 0) is 45.1 Å². The molecule has 4 heteroatoms. The Bertz CT molecular complexity index is 196. The fourth-order valence-corrected chi connectivity index (χ4v) is 2.10. The van der Waals surface area contributed by atoms with Gasteiger partial charge in [-0.3, -0.25) is 0 Å². The fourth-order valence-electron chi connectivity index (χ4n) is 1.91. The molecule has 0 saturated carbocycles. The van der Waals surface area contributed by atoms with Crippen molar-refractivity contribution >= 4 is 17.3 Å². The highest BCUT2D eigenvalue weighted by Crippen LogP contribution is 2.13. The zero-order valence-electron chi connectivity index (χ0n) is 9.88. The van der Waals surface area contributed by atoms with Crippen LogP contribution in [0.4, 0.5) is 0 Å². The molecule has 1 saturated heterocycles. The summed E-state index contributed by atoms with van der Waals surface area (Å²) in [5.41, 5.74) is 0. The van der Waals surface area contributed by atoms with Gasteiger partial charge in [-0.25, -0.2) is 0 Å². The van der Waals surface area contributed by atoms with Crippen LogP contribution in [-0.2, 0) is 0 Å². The number of hydrogen-bond donors (Lipinski definition) is 2. The molecule has 3 nitrogen and oxygen atoms in total. The molecule has 1 aliphatic heterocycles. The summed E-state index contributed by atoms with van der Waals surface area (Å²) in [5, 5.41) is 7.29. The van der Waals surface area contributed by atoms with Gasteiger partial charge in [-0.1, -0.05) is 13.3 Å². The number of nitrogens with one attached hydrogen (secondary N) is 2. The molecule has 1 heterocycles. The van der Waals surface area contributed by atoms with E-state index in [1.54, 1.807) is 0 Å². The highest BCUT2D eigenvalue weighted by Gasteiger charge is 2.18. The first-order chi connectivity index (χ1) is 7.24. The zero-order chi connectivity index (χ0) is 11.1. The molecule has 1 fully saturated rings. The van der Waals surface area contributed by atoms with Gasteiger partial charge in [-0.15, -0.1) is 0 Å². The molecule has 0 aromatic heterocycles. The van der Waals surface area contributed by atoms with Gasteiger partial charge in [0.1, 0.15) is 0 Å². The van der Waals surface area contributed by atoms with E-state index in [1.807, 2.05) is 0 Å². The average molecular weight is 229 g/mol. The number of likely N-dealkylation sites (tertiary alicyclic amines) is 1. The minimum atomic E-state index is 0.653. The Hall–Kier alpha value is -0.350. The number of rotatable bonds is 4. The van der Waals surface area contributed by atoms with Gasteiger partial charge in [0.2, 0.25) is 0 Å². The first-order valence-corrected chi connectivity index (χ1v) is 6.36. The summed E-state index contributed by atoms with van der Waals surface area (Å²) >= 11 is 5.19. The topological polar surface area (TPSA) is 27.3 Å². The molecule has 1 unspecified atom stereocenters. The normalized spacial score (nSPS) is 22.4. The molecule has 0 aromatic rings. The summed E-state index contributed by atoms with van der Waals surface area (Å²) in [6, 6.07) is 0.653. The van der Waals surface area contributed by atoms with Gasteiger partial charge < -0.3 is 15.5 Å². The third-order valence-electron chi connectivity index (χ3n) is 2.96. The van der Waals surface area contributed by atoms with Crippen LogP contribution in [0.5, 0.6) is 0 Å². The van der Waals surface area contributed by atoms with Crippen LogP contribution in [0.3, 0.4) is 0 Å². The van der Waals surface area contributed by atoms with Crippen molar-refractivity contribution in [3.8, 4) is 0 Å². The van der Waals surface area contributed by atoms with Crippen LogP contribution < -0.4 is 10.6 Å². The van der Waals surface area contributed by atoms with Gasteiger partial charge in [0.25, 0.3) is 0 Å². The number of piperidine rings is 1. The first kappa shape index (κ1) is 12.7. The maximum absolute atomic E-state index is 5.19. The monoisotopic (exact) mass is 229 g/mol. The van der Waals surface area contributed by atoms with Gasteiger partial charge >= 0.3 is 0 Å². The number of thiocarbonyl (C=S) groups is 1. The molecule has 0 bridgehead atoms. The Balaban J connectivity index is 2.14. The predicted octanol–water partition coefficient (Wildman–Crippen LogP) is 1.34. The lowest BCUT2D eigenvalue weighted by Crippen LogP contribution is -2.47. The van der Waals surface area contributed by atoms with E-state index in [0.717, 1.165) is 24.6 Å². The van der Waals surface area contributed by atoms with Gasteiger partial charge in [0.05, 0.1) is 0 Å². The lowest BCUT2D eigenvalue weighted by molar-refractivity contribution is 0.186. The molecular weight excluding hydrogens is 206 g/mol. The molecule has 1 rings (SSSR count). The van der Waals surface area contributed by atoms with Crippen molar-refractivity contribution in [3.05, 3.63) is 0 Å². The van der Waals surface area contributed by atoms with E-state index in [2.05, 4.69) is 29.5 Å². The zero-order valence-corrected chi connectivity index (χ0v) is 10.7. The number of nitrogens with zero attached hydrogens (tertiary/aromatic N) is 1. The van der Waals surface area contributed by atoms with Crippen LogP contribution in [0.15, 0.2) is 0 Å². The van der Waals surface area contributed by atoms with Crippen LogP contribution in [0.2, 0.25) is 0 Å². The highest BCUT2D eigenvalue weighted by atomic mass is 32.1. The summed E-state index contributed by atoms with van der Waals surface area (Å²) in [6.45, 7) is 5.31. The Morgan fingerprint density at radius 1 is 1.40 bits per heavy atom. The molecule has 0 radical (unpaired) electrons. The Labute approximate surface area is 98.6 Å². The average Bonchev–Trinajstić information content (AvgIpc) is 2.25. The van der Waals surface area contributed by atoms with E-state index >= 15 is 0 Å². The molecule has 0 amide bonds. The molecular formula is C11H23N3S. The van der Waals surface area contributed by atoms with Crippen molar-refractivity contribution in [3.63, 3.8) is 0 Å². The quantitative estimate of drug-likeness (QED) is 0.712. The molecule has 2 N–H and O–H groups in total. The second kappa shape index (κ2) is 7.01. The van der Waals surface area contributed by atoms with Crippen LogP contribution >= 0.6 is 12.2 Å². The lowest BCUT2D eigenvalue weighted by Gasteiger charge is -2.32. The van der Waals surface area contributed by atoms with Crippen molar-refractivity contribution in [2.45, 2.75) is 38.6 Å². The maximum atomic E-state index is 5.19. The summed E-state index contributed by atoms with van der Waals surface area (Å²) in [7, 11) is 2.20. The fraction of sp³-hybridized carbons (Fsp3) is 0.909. The summed E-state index contributed by atoms with van der Waals surface area (Å²) in [4.78, 5) is 2.43. The van der Waals surface area contributed by atoms with Crippen molar-refractivity contribution in [1.29, 1.82) is 0 Å². The van der Waals surface area contributed by atoms with Crippen LogP contribution in [0.1, 0.15) is 32.6 Å². The smallest absolute Gasteiger partial charge is 0.166 e. The van der Waals surface area contributed by atoms with E-state index in [0.29, 0.717) is 6.04 Å². The van der Waals surface area contributed by atoms with Crippen molar-refractivity contribution in [2.75, 3.05) is 26.7 Å². The molecule has 0 aliphatic carbocycles. The number of likely N-dealkylation sites (N-methyl/N-ethyl adjacent to an activating group) is 1. The van der Waals surface area contributed by atoms with Gasteiger partial charge in [-0.2, -0.15) is 0 Å². The first-order valence-electron chi connectivity index (χ1n) is 5.96. The molecule has 1 aliphatic rings. The van der Waals surface area contributed by atoms with Gasteiger partial charge in [0.15, 0.2) is 5.11 Å². The third-order valence-corrected chi connectivity index (χ3v) is 3.24. The Morgan fingerprint density at radius 3 is 2.87 bits per heavy atom. The van der Waals surface area contributed by atoms with E-state index in [4.69, 9.17) is 12.2 Å². The van der Waals surface area contributed by atoms with Crippen molar-refractivity contribution in [2.24, 2.45) is 0 Å². The van der Waals surface area contributed by atoms with Crippen molar-refractivity contribution in [1.82, 2.24) is 15.5 Å². The minimum Gasteiger partial charge on any atom is -0.363 e. The lowest BCUT2D eigenvalue weighted by atomic mass is 10.0. The maximum Gasteiger partial charge on any atom is 0.166 e. The standard InChI is InChI=1S/C11H23N3S/c1-3-7-12-11(15)13-9-10-6-4-5-8-14(10)2/h10H,3-9H2,1-2H3,(H2,12,13,15). The second-order valence-corrected chi connectivity index (χ2v) is 4.68. The number of hydrogen-bond acceptors (Lipinski definition) is 2.